The zero-order valence-electron chi connectivity index (χ0n) is 14.8. The van der Waals surface area contributed by atoms with Gasteiger partial charge in [-0.2, -0.15) is 5.01 Å². The number of ether oxygens (including phenoxy) is 2. The van der Waals surface area contributed by atoms with Gasteiger partial charge >= 0.3 is 11.9 Å². The molecular weight excluding hydrogens is 354 g/mol. The molecule has 3 rings (SSSR count). The third kappa shape index (κ3) is 4.03. The molecule has 140 valence electrons. The van der Waals surface area contributed by atoms with Gasteiger partial charge in [0.2, 0.25) is 0 Å². The molecular formula is C18H23N3O4S. The topological polar surface area (TPSA) is 79.9 Å². The number of esters is 2. The number of benzene rings is 1. The summed E-state index contributed by atoms with van der Waals surface area (Å²) in [5.41, 5.74) is 3.60. The van der Waals surface area contributed by atoms with E-state index in [1.807, 2.05) is 35.3 Å². The van der Waals surface area contributed by atoms with Crippen LogP contribution in [0.25, 0.3) is 0 Å². The second kappa shape index (κ2) is 8.57. The number of carbonyl (C=O) groups excluding carboxylic acids is 2. The zero-order chi connectivity index (χ0) is 18.5. The van der Waals surface area contributed by atoms with Gasteiger partial charge in [0.15, 0.2) is 0 Å². The highest BCUT2D eigenvalue weighted by Gasteiger charge is 2.45. The lowest BCUT2D eigenvalue weighted by atomic mass is 10.1. The van der Waals surface area contributed by atoms with Crippen molar-refractivity contribution in [1.82, 2.24) is 15.8 Å². The minimum atomic E-state index is -0.491. The molecule has 2 N–H and O–H groups in total. The molecule has 3 atom stereocenters. The van der Waals surface area contributed by atoms with Gasteiger partial charge in [-0.1, -0.05) is 18.2 Å². The summed E-state index contributed by atoms with van der Waals surface area (Å²) in [5.74, 6) is -0.700. The summed E-state index contributed by atoms with van der Waals surface area (Å²) in [7, 11) is 0. The Morgan fingerprint density at radius 1 is 1.19 bits per heavy atom. The molecule has 26 heavy (non-hydrogen) atoms. The van der Waals surface area contributed by atoms with Crippen molar-refractivity contribution >= 4 is 23.7 Å². The second-order valence-corrected chi connectivity index (χ2v) is 7.10. The molecule has 2 heterocycles. The van der Waals surface area contributed by atoms with Crippen LogP contribution in [0.1, 0.15) is 20.3 Å². The van der Waals surface area contributed by atoms with Crippen molar-refractivity contribution in [3.05, 3.63) is 42.1 Å². The fourth-order valence-electron chi connectivity index (χ4n) is 2.99. The van der Waals surface area contributed by atoms with E-state index in [-0.39, 0.29) is 11.3 Å². The Morgan fingerprint density at radius 2 is 1.92 bits per heavy atom. The van der Waals surface area contributed by atoms with E-state index in [0.717, 1.165) is 4.90 Å². The molecule has 0 radical (unpaired) electrons. The van der Waals surface area contributed by atoms with E-state index in [4.69, 9.17) is 9.47 Å². The number of hydrogen-bond donors (Lipinski definition) is 2. The Kier molecular flexibility index (Phi) is 6.18. The molecule has 0 bridgehead atoms. The van der Waals surface area contributed by atoms with E-state index in [1.165, 1.54) is 0 Å². The van der Waals surface area contributed by atoms with E-state index < -0.39 is 18.2 Å². The first-order chi connectivity index (χ1) is 12.6. The van der Waals surface area contributed by atoms with Crippen molar-refractivity contribution < 1.29 is 19.1 Å². The van der Waals surface area contributed by atoms with Crippen LogP contribution < -0.4 is 10.7 Å². The fraction of sp³-hybridized carbons (Fsp3) is 0.444. The van der Waals surface area contributed by atoms with Crippen molar-refractivity contribution in [2.45, 2.75) is 42.7 Å². The van der Waals surface area contributed by atoms with E-state index in [0.29, 0.717) is 25.2 Å². The highest BCUT2D eigenvalue weighted by molar-refractivity contribution is 7.99. The highest BCUT2D eigenvalue weighted by atomic mass is 32.2. The summed E-state index contributed by atoms with van der Waals surface area (Å²) in [5, 5.41) is 5.10. The van der Waals surface area contributed by atoms with Gasteiger partial charge in [-0.05, 0) is 26.0 Å². The molecule has 2 aliphatic rings. The maximum atomic E-state index is 12.3. The Hall–Kier alpha value is -2.03. The molecule has 8 heteroatoms. The summed E-state index contributed by atoms with van der Waals surface area (Å²) in [6, 6.07) is 9.47. The largest absolute Gasteiger partial charge is 0.465 e. The average molecular weight is 377 g/mol. The predicted molar refractivity (Wildman–Crippen MR) is 97.7 cm³/mol. The minimum absolute atomic E-state index is 0.0544. The van der Waals surface area contributed by atoms with Crippen molar-refractivity contribution in [1.29, 1.82) is 0 Å². The van der Waals surface area contributed by atoms with Crippen molar-refractivity contribution in [3.8, 4) is 0 Å². The summed E-state index contributed by atoms with van der Waals surface area (Å²) in [4.78, 5) is 25.7. The lowest BCUT2D eigenvalue weighted by Gasteiger charge is -2.41. The van der Waals surface area contributed by atoms with Crippen LogP contribution in [-0.2, 0) is 19.1 Å². The Morgan fingerprint density at radius 3 is 2.62 bits per heavy atom. The van der Waals surface area contributed by atoms with Crippen molar-refractivity contribution in [3.63, 3.8) is 0 Å². The van der Waals surface area contributed by atoms with Crippen LogP contribution in [0.15, 0.2) is 47.0 Å². The Bertz CT molecular complexity index is 682. The van der Waals surface area contributed by atoms with Gasteiger partial charge in [-0.3, -0.25) is 10.1 Å². The number of rotatable bonds is 6. The number of fused-ring (bicyclic) bond motifs is 1. The molecule has 2 aliphatic heterocycles. The lowest BCUT2D eigenvalue weighted by Crippen LogP contribution is -2.63. The first-order valence-electron chi connectivity index (χ1n) is 8.70. The van der Waals surface area contributed by atoms with E-state index in [9.17, 15) is 9.59 Å². The van der Waals surface area contributed by atoms with Gasteiger partial charge in [0, 0.05) is 17.5 Å². The van der Waals surface area contributed by atoms with Crippen LogP contribution in [0, 0.1) is 0 Å². The van der Waals surface area contributed by atoms with Crippen molar-refractivity contribution in [2.24, 2.45) is 0 Å². The normalized spacial score (nSPS) is 25.0. The molecule has 0 aromatic heterocycles. The molecule has 0 aliphatic carbocycles. The fourth-order valence-corrected chi connectivity index (χ4v) is 4.21. The molecule has 0 saturated carbocycles. The van der Waals surface area contributed by atoms with E-state index >= 15 is 0 Å². The molecule has 7 nitrogen and oxygen atoms in total. The standard InChI is InChI=1S/C18H23N3O4S/c1-3-24-17(22)13-11-19-21-15(26-12-8-6-5-7-9-12)10-14(20-16(13)21)18(23)25-4-2/h5-9,11,14-16,19-20H,3-4,10H2,1-2H3. The second-order valence-electron chi connectivity index (χ2n) is 5.85. The monoisotopic (exact) mass is 377 g/mol. The SMILES string of the molecule is CCOC(=O)C1=CNN2C(Sc3ccccc3)CC(C(=O)OCC)NC12. The lowest BCUT2D eigenvalue weighted by molar-refractivity contribution is -0.149. The number of thioether (sulfide) groups is 1. The van der Waals surface area contributed by atoms with Gasteiger partial charge in [-0.25, -0.2) is 4.79 Å². The summed E-state index contributed by atoms with van der Waals surface area (Å²) < 4.78 is 10.3. The van der Waals surface area contributed by atoms with Gasteiger partial charge < -0.3 is 14.9 Å². The van der Waals surface area contributed by atoms with E-state index in [2.05, 4.69) is 10.7 Å². The molecule has 1 fully saturated rings. The highest BCUT2D eigenvalue weighted by Crippen LogP contribution is 2.35. The van der Waals surface area contributed by atoms with Gasteiger partial charge in [0.05, 0.1) is 24.2 Å². The molecule has 0 spiro atoms. The summed E-state index contributed by atoms with van der Waals surface area (Å²) >= 11 is 1.64. The van der Waals surface area contributed by atoms with Crippen LogP contribution in [-0.4, -0.2) is 47.7 Å². The maximum Gasteiger partial charge on any atom is 0.338 e. The smallest absolute Gasteiger partial charge is 0.338 e. The van der Waals surface area contributed by atoms with Gasteiger partial charge in [-0.15, -0.1) is 11.8 Å². The van der Waals surface area contributed by atoms with Gasteiger partial charge in [0.25, 0.3) is 0 Å². The van der Waals surface area contributed by atoms with Crippen LogP contribution >= 0.6 is 11.8 Å². The first-order valence-corrected chi connectivity index (χ1v) is 9.58. The van der Waals surface area contributed by atoms with E-state index in [1.54, 1.807) is 31.8 Å². The van der Waals surface area contributed by atoms with Crippen LogP contribution in [0.2, 0.25) is 0 Å². The Balaban J connectivity index is 1.80. The average Bonchev–Trinajstić information content (AvgIpc) is 3.07. The van der Waals surface area contributed by atoms with Crippen molar-refractivity contribution in [2.75, 3.05) is 13.2 Å². The first kappa shape index (κ1) is 18.8. The maximum absolute atomic E-state index is 12.3. The number of hydrogen-bond acceptors (Lipinski definition) is 8. The molecule has 1 aromatic carbocycles. The summed E-state index contributed by atoms with van der Waals surface area (Å²) in [6.07, 6.45) is 1.74. The molecule has 3 unspecified atom stereocenters. The molecule has 1 saturated heterocycles. The Labute approximate surface area is 157 Å². The zero-order valence-corrected chi connectivity index (χ0v) is 15.6. The number of nitrogens with zero attached hydrogens (tertiary/aromatic N) is 1. The minimum Gasteiger partial charge on any atom is -0.465 e. The molecule has 0 amide bonds. The van der Waals surface area contributed by atoms with Crippen LogP contribution in [0.3, 0.4) is 0 Å². The quantitative estimate of drug-likeness (QED) is 0.724. The third-order valence-electron chi connectivity index (χ3n) is 4.15. The number of carbonyl (C=O) groups is 2. The van der Waals surface area contributed by atoms with Gasteiger partial charge in [0.1, 0.15) is 12.2 Å². The predicted octanol–water partition coefficient (Wildman–Crippen LogP) is 1.62. The molecule has 1 aromatic rings. The number of hydrazine groups is 1. The summed E-state index contributed by atoms with van der Waals surface area (Å²) in [6.45, 7) is 4.17. The van der Waals surface area contributed by atoms with Crippen LogP contribution in [0.5, 0.6) is 0 Å². The van der Waals surface area contributed by atoms with Crippen LogP contribution in [0.4, 0.5) is 0 Å². The third-order valence-corrected chi connectivity index (χ3v) is 5.38. The number of nitrogens with one attached hydrogen (secondary N) is 2.